The van der Waals surface area contributed by atoms with Gasteiger partial charge in [0.2, 0.25) is 0 Å². The van der Waals surface area contributed by atoms with E-state index in [1.807, 2.05) is 19.2 Å². The fraction of sp³-hybridized carbons (Fsp3) is 0.538. The Kier molecular flexibility index (Phi) is 4.39. The van der Waals surface area contributed by atoms with Gasteiger partial charge in [-0.3, -0.25) is 0 Å². The molecule has 0 saturated heterocycles. The maximum Gasteiger partial charge on any atom is 0.124 e. The molecule has 0 amide bonds. The smallest absolute Gasteiger partial charge is 0.124 e. The zero-order chi connectivity index (χ0) is 12.3. The Balaban J connectivity index is 3.07. The van der Waals surface area contributed by atoms with E-state index in [-0.39, 0.29) is 11.6 Å². The molecule has 1 N–H and O–H groups in total. The topological polar surface area (TPSA) is 21.3 Å². The van der Waals surface area contributed by atoms with Crippen molar-refractivity contribution in [2.45, 2.75) is 39.3 Å². The summed E-state index contributed by atoms with van der Waals surface area (Å²) in [5.41, 5.74) is 1.00. The van der Waals surface area contributed by atoms with Crippen LogP contribution in [0.4, 0.5) is 0 Å². The summed E-state index contributed by atoms with van der Waals surface area (Å²) in [7, 11) is 1.95. The number of hydrogen-bond donors (Lipinski definition) is 1. The third-order valence-electron chi connectivity index (χ3n) is 2.29. The lowest BCUT2D eigenvalue weighted by molar-refractivity contribution is 0.128. The zero-order valence-electron chi connectivity index (χ0n) is 10.6. The number of rotatable bonds is 3. The molecule has 1 unspecified atom stereocenters. The average molecular weight is 286 g/mol. The minimum Gasteiger partial charge on any atom is -0.488 e. The molecule has 0 aliphatic heterocycles. The Bertz CT molecular complexity index is 357. The van der Waals surface area contributed by atoms with E-state index >= 15 is 0 Å². The van der Waals surface area contributed by atoms with Gasteiger partial charge in [-0.25, -0.2) is 0 Å². The Labute approximate surface area is 107 Å². The highest BCUT2D eigenvalue weighted by molar-refractivity contribution is 9.10. The van der Waals surface area contributed by atoms with E-state index in [1.54, 1.807) is 0 Å². The van der Waals surface area contributed by atoms with E-state index in [0.717, 1.165) is 10.2 Å². The van der Waals surface area contributed by atoms with Gasteiger partial charge in [-0.15, -0.1) is 0 Å². The number of nitrogens with one attached hydrogen (secondary N) is 1. The molecule has 1 rings (SSSR count). The van der Waals surface area contributed by atoms with Crippen molar-refractivity contribution >= 4 is 15.9 Å². The van der Waals surface area contributed by atoms with Crippen molar-refractivity contribution in [1.29, 1.82) is 0 Å². The van der Waals surface area contributed by atoms with Crippen molar-refractivity contribution in [2.75, 3.05) is 7.05 Å². The van der Waals surface area contributed by atoms with Gasteiger partial charge in [0.15, 0.2) is 0 Å². The molecule has 90 valence electrons. The van der Waals surface area contributed by atoms with Crippen LogP contribution < -0.4 is 10.1 Å². The highest BCUT2D eigenvalue weighted by Gasteiger charge is 2.17. The molecule has 16 heavy (non-hydrogen) atoms. The van der Waals surface area contributed by atoms with Gasteiger partial charge in [-0.05, 0) is 52.9 Å². The van der Waals surface area contributed by atoms with E-state index in [2.05, 4.69) is 55.0 Å². The van der Waals surface area contributed by atoms with Crippen molar-refractivity contribution in [3.05, 3.63) is 28.2 Å². The van der Waals surface area contributed by atoms with E-state index in [0.29, 0.717) is 0 Å². The lowest BCUT2D eigenvalue weighted by Gasteiger charge is -2.25. The Morgan fingerprint density at radius 3 is 2.44 bits per heavy atom. The van der Waals surface area contributed by atoms with Crippen LogP contribution in [0.1, 0.15) is 39.3 Å². The van der Waals surface area contributed by atoms with Gasteiger partial charge >= 0.3 is 0 Å². The van der Waals surface area contributed by atoms with Crippen LogP contribution in [-0.2, 0) is 0 Å². The number of hydrogen-bond acceptors (Lipinski definition) is 2. The lowest BCUT2D eigenvalue weighted by Crippen LogP contribution is -2.24. The molecule has 0 radical (unpaired) electrons. The number of ether oxygens (including phenoxy) is 1. The van der Waals surface area contributed by atoms with Gasteiger partial charge in [0.1, 0.15) is 11.4 Å². The summed E-state index contributed by atoms with van der Waals surface area (Å²) in [6, 6.07) is 6.39. The molecule has 0 aliphatic carbocycles. The summed E-state index contributed by atoms with van der Waals surface area (Å²) < 4.78 is 7.02. The Morgan fingerprint density at radius 1 is 1.31 bits per heavy atom. The third-order valence-corrected chi connectivity index (χ3v) is 2.78. The molecule has 1 atom stereocenters. The fourth-order valence-electron chi connectivity index (χ4n) is 1.44. The van der Waals surface area contributed by atoms with Gasteiger partial charge in [0, 0.05) is 16.1 Å². The molecular weight excluding hydrogens is 266 g/mol. The first-order chi connectivity index (χ1) is 7.33. The summed E-state index contributed by atoms with van der Waals surface area (Å²) in [5.74, 6) is 0.942. The molecule has 0 fully saturated rings. The summed E-state index contributed by atoms with van der Waals surface area (Å²) in [4.78, 5) is 0. The van der Waals surface area contributed by atoms with Gasteiger partial charge < -0.3 is 10.1 Å². The third kappa shape index (κ3) is 3.80. The Hall–Kier alpha value is -0.540. The fourth-order valence-corrected chi connectivity index (χ4v) is 1.81. The highest BCUT2D eigenvalue weighted by Crippen LogP contribution is 2.30. The first-order valence-electron chi connectivity index (χ1n) is 5.49. The molecule has 1 aromatic rings. The van der Waals surface area contributed by atoms with Crippen LogP contribution in [0, 0.1) is 0 Å². The van der Waals surface area contributed by atoms with Crippen molar-refractivity contribution in [1.82, 2.24) is 5.32 Å². The Morgan fingerprint density at radius 2 is 1.94 bits per heavy atom. The van der Waals surface area contributed by atoms with E-state index < -0.39 is 0 Å². The SMILES string of the molecule is CNC(C)c1cc(Br)ccc1OC(C)(C)C. The second kappa shape index (κ2) is 5.19. The van der Waals surface area contributed by atoms with E-state index in [1.165, 1.54) is 5.56 Å². The summed E-state index contributed by atoms with van der Waals surface area (Å²) in [5, 5.41) is 3.23. The molecular formula is C13H20BrNO. The van der Waals surface area contributed by atoms with Crippen LogP contribution in [0.5, 0.6) is 5.75 Å². The van der Waals surface area contributed by atoms with Crippen molar-refractivity contribution in [3.8, 4) is 5.75 Å². The largest absolute Gasteiger partial charge is 0.488 e. The van der Waals surface area contributed by atoms with E-state index in [4.69, 9.17) is 4.74 Å². The second-order valence-corrected chi connectivity index (χ2v) is 5.82. The first kappa shape index (κ1) is 13.5. The molecule has 2 nitrogen and oxygen atoms in total. The molecule has 0 aromatic heterocycles. The monoisotopic (exact) mass is 285 g/mol. The van der Waals surface area contributed by atoms with Crippen molar-refractivity contribution in [2.24, 2.45) is 0 Å². The molecule has 1 aromatic carbocycles. The maximum atomic E-state index is 5.95. The first-order valence-corrected chi connectivity index (χ1v) is 6.28. The number of benzene rings is 1. The van der Waals surface area contributed by atoms with Gasteiger partial charge in [0.25, 0.3) is 0 Å². The molecule has 0 heterocycles. The van der Waals surface area contributed by atoms with Crippen LogP contribution in [0.2, 0.25) is 0 Å². The average Bonchev–Trinajstić information content (AvgIpc) is 2.17. The normalized spacial score (nSPS) is 13.6. The van der Waals surface area contributed by atoms with Crippen LogP contribution >= 0.6 is 15.9 Å². The second-order valence-electron chi connectivity index (χ2n) is 4.91. The van der Waals surface area contributed by atoms with Gasteiger partial charge in [-0.1, -0.05) is 15.9 Å². The summed E-state index contributed by atoms with van der Waals surface area (Å²) >= 11 is 3.49. The van der Waals surface area contributed by atoms with Crippen molar-refractivity contribution in [3.63, 3.8) is 0 Å². The zero-order valence-corrected chi connectivity index (χ0v) is 12.2. The van der Waals surface area contributed by atoms with Gasteiger partial charge in [-0.2, -0.15) is 0 Å². The summed E-state index contributed by atoms with van der Waals surface area (Å²) in [6.07, 6.45) is 0. The maximum absolute atomic E-state index is 5.95. The molecule has 3 heteroatoms. The quantitative estimate of drug-likeness (QED) is 0.909. The van der Waals surface area contributed by atoms with Crippen LogP contribution in [0.25, 0.3) is 0 Å². The molecule has 0 saturated carbocycles. The lowest BCUT2D eigenvalue weighted by atomic mass is 10.1. The number of halogens is 1. The standard InChI is InChI=1S/C13H20BrNO/c1-9(15-5)11-8-10(14)6-7-12(11)16-13(2,3)4/h6-9,15H,1-5H3. The minimum absolute atomic E-state index is 0.171. The predicted octanol–water partition coefficient (Wildman–Crippen LogP) is 3.91. The minimum atomic E-state index is -0.171. The van der Waals surface area contributed by atoms with E-state index in [9.17, 15) is 0 Å². The van der Waals surface area contributed by atoms with Crippen LogP contribution in [0.15, 0.2) is 22.7 Å². The van der Waals surface area contributed by atoms with Crippen LogP contribution in [0.3, 0.4) is 0 Å². The summed E-state index contributed by atoms with van der Waals surface area (Å²) in [6.45, 7) is 8.30. The highest BCUT2D eigenvalue weighted by atomic mass is 79.9. The molecule has 0 bridgehead atoms. The van der Waals surface area contributed by atoms with Crippen LogP contribution in [-0.4, -0.2) is 12.6 Å². The van der Waals surface area contributed by atoms with Crippen molar-refractivity contribution < 1.29 is 4.74 Å². The predicted molar refractivity (Wildman–Crippen MR) is 72.0 cm³/mol. The van der Waals surface area contributed by atoms with Gasteiger partial charge in [0.05, 0.1) is 0 Å². The molecule has 0 aliphatic rings. The molecule has 0 spiro atoms.